The summed E-state index contributed by atoms with van der Waals surface area (Å²) in [6.07, 6.45) is 4.25. The second-order valence-electron chi connectivity index (χ2n) is 3.86. The van der Waals surface area contributed by atoms with Crippen LogP contribution in [0.3, 0.4) is 0 Å². The van der Waals surface area contributed by atoms with Crippen molar-refractivity contribution in [2.24, 2.45) is 0 Å². The van der Waals surface area contributed by atoms with Crippen LogP contribution in [0.15, 0.2) is 6.33 Å². The Labute approximate surface area is 118 Å². The number of aliphatic hydroxyl groups excluding tert-OH is 1. The molecule has 18 heavy (non-hydrogen) atoms. The summed E-state index contributed by atoms with van der Waals surface area (Å²) < 4.78 is 0. The maximum absolute atomic E-state index is 8.67. The van der Waals surface area contributed by atoms with Gasteiger partial charge in [0.25, 0.3) is 0 Å². The molecule has 0 bridgehead atoms. The molecule has 0 aliphatic heterocycles. The SMILES string of the molecule is CCCc1c(Cl)ncnc1NCCSCCCO. The molecule has 4 nitrogen and oxygen atoms in total. The molecular weight excluding hydrogens is 270 g/mol. The van der Waals surface area contributed by atoms with Gasteiger partial charge in [-0.05, 0) is 18.6 Å². The Bertz CT molecular complexity index is 352. The van der Waals surface area contributed by atoms with E-state index in [1.807, 2.05) is 11.8 Å². The zero-order chi connectivity index (χ0) is 13.2. The zero-order valence-electron chi connectivity index (χ0n) is 10.7. The summed E-state index contributed by atoms with van der Waals surface area (Å²) in [5.74, 6) is 2.83. The third kappa shape index (κ3) is 5.42. The van der Waals surface area contributed by atoms with E-state index in [-0.39, 0.29) is 6.61 Å². The Morgan fingerprint density at radius 2 is 2.22 bits per heavy atom. The minimum absolute atomic E-state index is 0.266. The average Bonchev–Trinajstić information content (AvgIpc) is 2.37. The number of nitrogens with one attached hydrogen (secondary N) is 1. The van der Waals surface area contributed by atoms with E-state index >= 15 is 0 Å². The molecule has 0 aromatic carbocycles. The third-order valence-corrected chi connectivity index (χ3v) is 3.77. The Morgan fingerprint density at radius 3 is 2.94 bits per heavy atom. The van der Waals surface area contributed by atoms with Crippen molar-refractivity contribution < 1.29 is 5.11 Å². The number of anilines is 1. The lowest BCUT2D eigenvalue weighted by Crippen LogP contribution is -2.09. The highest BCUT2D eigenvalue weighted by Crippen LogP contribution is 2.21. The highest BCUT2D eigenvalue weighted by atomic mass is 35.5. The summed E-state index contributed by atoms with van der Waals surface area (Å²) in [5, 5.41) is 12.5. The van der Waals surface area contributed by atoms with Gasteiger partial charge in [0.1, 0.15) is 17.3 Å². The maximum Gasteiger partial charge on any atom is 0.137 e. The van der Waals surface area contributed by atoms with E-state index in [1.54, 1.807) is 0 Å². The second kappa shape index (κ2) is 9.42. The highest BCUT2D eigenvalue weighted by Gasteiger charge is 2.08. The first-order valence-corrected chi connectivity index (χ1v) is 7.74. The number of rotatable bonds is 9. The standard InChI is InChI=1S/C12H20ClN3OS/c1-2-4-10-11(13)15-9-16-12(10)14-5-8-18-7-3-6-17/h9,17H,2-8H2,1H3,(H,14,15,16). The lowest BCUT2D eigenvalue weighted by molar-refractivity contribution is 0.296. The monoisotopic (exact) mass is 289 g/mol. The van der Waals surface area contributed by atoms with Crippen molar-refractivity contribution in [2.45, 2.75) is 26.2 Å². The van der Waals surface area contributed by atoms with Gasteiger partial charge in [-0.1, -0.05) is 24.9 Å². The first-order chi connectivity index (χ1) is 8.79. The van der Waals surface area contributed by atoms with E-state index in [1.165, 1.54) is 6.33 Å². The van der Waals surface area contributed by atoms with Crippen molar-refractivity contribution in [3.63, 3.8) is 0 Å². The summed E-state index contributed by atoms with van der Waals surface area (Å²) in [6, 6.07) is 0. The molecule has 0 amide bonds. The molecule has 0 saturated carbocycles. The largest absolute Gasteiger partial charge is 0.396 e. The Balaban J connectivity index is 2.39. The molecule has 1 heterocycles. The van der Waals surface area contributed by atoms with Gasteiger partial charge in [-0.25, -0.2) is 9.97 Å². The molecule has 0 atom stereocenters. The highest BCUT2D eigenvalue weighted by molar-refractivity contribution is 7.99. The van der Waals surface area contributed by atoms with Crippen LogP contribution in [0, 0.1) is 0 Å². The van der Waals surface area contributed by atoms with Crippen molar-refractivity contribution in [1.82, 2.24) is 9.97 Å². The Kier molecular flexibility index (Phi) is 8.13. The molecule has 6 heteroatoms. The Morgan fingerprint density at radius 1 is 1.39 bits per heavy atom. The normalized spacial score (nSPS) is 10.6. The van der Waals surface area contributed by atoms with E-state index in [4.69, 9.17) is 16.7 Å². The van der Waals surface area contributed by atoms with Crippen molar-refractivity contribution >= 4 is 29.2 Å². The fourth-order valence-electron chi connectivity index (χ4n) is 1.52. The van der Waals surface area contributed by atoms with Crippen LogP contribution in [0.5, 0.6) is 0 Å². The number of nitrogens with zero attached hydrogens (tertiary/aromatic N) is 2. The molecule has 0 saturated heterocycles. The molecule has 0 spiro atoms. The van der Waals surface area contributed by atoms with Gasteiger partial charge in [-0.3, -0.25) is 0 Å². The van der Waals surface area contributed by atoms with Gasteiger partial charge < -0.3 is 10.4 Å². The van der Waals surface area contributed by atoms with Crippen LogP contribution in [-0.4, -0.2) is 39.7 Å². The predicted molar refractivity (Wildman–Crippen MR) is 78.6 cm³/mol. The molecule has 2 N–H and O–H groups in total. The van der Waals surface area contributed by atoms with Crippen molar-refractivity contribution in [3.05, 3.63) is 17.0 Å². The lowest BCUT2D eigenvalue weighted by atomic mass is 10.2. The molecule has 0 fully saturated rings. The summed E-state index contributed by atoms with van der Waals surface area (Å²) >= 11 is 7.89. The van der Waals surface area contributed by atoms with Crippen LogP contribution in [0.2, 0.25) is 5.15 Å². The fraction of sp³-hybridized carbons (Fsp3) is 0.667. The van der Waals surface area contributed by atoms with Crippen LogP contribution in [0.1, 0.15) is 25.3 Å². The lowest BCUT2D eigenvalue weighted by Gasteiger charge is -2.10. The topological polar surface area (TPSA) is 58.0 Å². The minimum atomic E-state index is 0.266. The number of hydrogen-bond donors (Lipinski definition) is 2. The zero-order valence-corrected chi connectivity index (χ0v) is 12.2. The first-order valence-electron chi connectivity index (χ1n) is 6.21. The molecular formula is C12H20ClN3OS. The number of hydrogen-bond acceptors (Lipinski definition) is 5. The second-order valence-corrected chi connectivity index (χ2v) is 5.44. The van der Waals surface area contributed by atoms with Crippen molar-refractivity contribution in [3.8, 4) is 0 Å². The van der Waals surface area contributed by atoms with Gasteiger partial charge >= 0.3 is 0 Å². The first kappa shape index (κ1) is 15.5. The number of aliphatic hydroxyl groups is 1. The number of thioether (sulfide) groups is 1. The number of halogens is 1. The van der Waals surface area contributed by atoms with E-state index in [2.05, 4.69) is 22.2 Å². The van der Waals surface area contributed by atoms with E-state index < -0.39 is 0 Å². The van der Waals surface area contributed by atoms with Crippen LogP contribution >= 0.6 is 23.4 Å². The molecule has 1 aromatic heterocycles. The van der Waals surface area contributed by atoms with Crippen molar-refractivity contribution in [2.75, 3.05) is 30.0 Å². The third-order valence-electron chi connectivity index (χ3n) is 2.38. The molecule has 1 aromatic rings. The molecule has 0 aliphatic rings. The van der Waals surface area contributed by atoms with Gasteiger partial charge in [0, 0.05) is 24.5 Å². The van der Waals surface area contributed by atoms with Gasteiger partial charge in [-0.15, -0.1) is 0 Å². The van der Waals surface area contributed by atoms with Gasteiger partial charge in [0.15, 0.2) is 0 Å². The van der Waals surface area contributed by atoms with Crippen LogP contribution < -0.4 is 5.32 Å². The van der Waals surface area contributed by atoms with Crippen LogP contribution in [0.4, 0.5) is 5.82 Å². The maximum atomic E-state index is 8.67. The van der Waals surface area contributed by atoms with E-state index in [9.17, 15) is 0 Å². The average molecular weight is 290 g/mol. The summed E-state index contributed by atoms with van der Waals surface area (Å²) in [5.41, 5.74) is 1.00. The predicted octanol–water partition coefficient (Wildman–Crippen LogP) is 2.61. The molecule has 0 aliphatic carbocycles. The van der Waals surface area contributed by atoms with Gasteiger partial charge in [-0.2, -0.15) is 11.8 Å². The van der Waals surface area contributed by atoms with Gasteiger partial charge in [0.05, 0.1) is 0 Å². The molecule has 0 unspecified atom stereocenters. The fourth-order valence-corrected chi connectivity index (χ4v) is 2.54. The summed E-state index contributed by atoms with van der Waals surface area (Å²) in [7, 11) is 0. The van der Waals surface area contributed by atoms with Crippen molar-refractivity contribution in [1.29, 1.82) is 0 Å². The molecule has 102 valence electrons. The molecule has 1 rings (SSSR count). The van der Waals surface area contributed by atoms with E-state index in [0.29, 0.717) is 5.15 Å². The molecule has 0 radical (unpaired) electrons. The minimum Gasteiger partial charge on any atom is -0.396 e. The van der Waals surface area contributed by atoms with Crippen LogP contribution in [0.25, 0.3) is 0 Å². The Hall–Kier alpha value is -0.520. The van der Waals surface area contributed by atoms with E-state index in [0.717, 1.165) is 48.7 Å². The van der Waals surface area contributed by atoms with Gasteiger partial charge in [0.2, 0.25) is 0 Å². The van der Waals surface area contributed by atoms with Crippen LogP contribution in [-0.2, 0) is 6.42 Å². The summed E-state index contributed by atoms with van der Waals surface area (Å²) in [6.45, 7) is 3.22. The smallest absolute Gasteiger partial charge is 0.137 e. The number of aromatic nitrogens is 2. The quantitative estimate of drug-likeness (QED) is 0.541. The summed E-state index contributed by atoms with van der Waals surface area (Å²) in [4.78, 5) is 8.24.